The first-order valence-electron chi connectivity index (χ1n) is 11.3. The number of hydrogen-bond donors (Lipinski definition) is 2. The number of nitrogens with zero attached hydrogens (tertiary/aromatic N) is 3. The second-order valence-electron chi connectivity index (χ2n) is 8.40. The molecule has 0 spiro atoms. The molecule has 1 aliphatic rings. The fourth-order valence-corrected chi connectivity index (χ4v) is 3.91. The van der Waals surface area contributed by atoms with Gasteiger partial charge in [0.15, 0.2) is 5.65 Å². The number of rotatable bonds is 7. The number of esters is 2. The van der Waals surface area contributed by atoms with Crippen LogP contribution in [0.2, 0.25) is 0 Å². The lowest BCUT2D eigenvalue weighted by molar-refractivity contribution is -0.139. The van der Waals surface area contributed by atoms with Gasteiger partial charge < -0.3 is 24.5 Å². The normalized spacial score (nSPS) is 15.8. The molecule has 0 radical (unpaired) electrons. The molecule has 184 valence electrons. The maximum Gasteiger partial charge on any atom is 0.339 e. The average Bonchev–Trinajstić information content (AvgIpc) is 3.42. The van der Waals surface area contributed by atoms with Crippen LogP contribution < -0.4 is 10.6 Å². The molecule has 0 bridgehead atoms. The number of aryl methyl sites for hydroxylation is 2. The summed E-state index contributed by atoms with van der Waals surface area (Å²) in [5, 5.41) is 10.1. The number of urea groups is 1. The highest BCUT2D eigenvalue weighted by Crippen LogP contribution is 2.29. The Balaban J connectivity index is 1.67. The molecule has 0 aromatic carbocycles. The number of hydrogen-bond acceptors (Lipinski definition) is 8. The highest BCUT2D eigenvalue weighted by Gasteiger charge is 2.36. The van der Waals surface area contributed by atoms with Gasteiger partial charge in [-0.25, -0.2) is 24.0 Å². The number of ether oxygens (including phenoxy) is 2. The molecule has 3 aromatic heterocycles. The van der Waals surface area contributed by atoms with Gasteiger partial charge in [-0.1, -0.05) is 0 Å². The molecule has 1 aliphatic heterocycles. The van der Waals surface area contributed by atoms with Crippen LogP contribution in [0.15, 0.2) is 40.1 Å². The van der Waals surface area contributed by atoms with E-state index in [2.05, 4.69) is 20.7 Å². The molecule has 35 heavy (non-hydrogen) atoms. The van der Waals surface area contributed by atoms with Crippen LogP contribution in [0, 0.1) is 13.8 Å². The van der Waals surface area contributed by atoms with Gasteiger partial charge in [0.05, 0.1) is 35.0 Å². The van der Waals surface area contributed by atoms with E-state index in [-0.39, 0.29) is 36.1 Å². The third-order valence-corrected chi connectivity index (χ3v) is 5.45. The van der Waals surface area contributed by atoms with Crippen LogP contribution in [0.25, 0.3) is 11.0 Å². The van der Waals surface area contributed by atoms with Gasteiger partial charge in [-0.15, -0.1) is 0 Å². The number of aromatic nitrogens is 3. The lowest BCUT2D eigenvalue weighted by atomic mass is 10.0. The van der Waals surface area contributed by atoms with Gasteiger partial charge in [0, 0.05) is 11.7 Å². The van der Waals surface area contributed by atoms with Crippen molar-refractivity contribution in [3.63, 3.8) is 0 Å². The zero-order valence-electron chi connectivity index (χ0n) is 20.2. The molecule has 3 aromatic rings. The molecule has 4 rings (SSSR count). The summed E-state index contributed by atoms with van der Waals surface area (Å²) in [6.45, 7) is 8.90. The van der Waals surface area contributed by atoms with Crippen molar-refractivity contribution < 1.29 is 28.3 Å². The zero-order chi connectivity index (χ0) is 25.3. The number of furan rings is 1. The minimum atomic E-state index is -0.899. The summed E-state index contributed by atoms with van der Waals surface area (Å²) in [4.78, 5) is 42.8. The van der Waals surface area contributed by atoms with Crippen molar-refractivity contribution in [2.24, 2.45) is 0 Å². The maximum absolute atomic E-state index is 13.1. The molecule has 11 nitrogen and oxygen atoms in total. The summed E-state index contributed by atoms with van der Waals surface area (Å²) in [7, 11) is 0. The fourth-order valence-electron chi connectivity index (χ4n) is 3.91. The van der Waals surface area contributed by atoms with Crippen LogP contribution in [0.3, 0.4) is 0 Å². The lowest BCUT2D eigenvalue weighted by Crippen LogP contribution is -2.47. The fraction of sp³-hybridized carbons (Fsp3) is 0.375. The Morgan fingerprint density at radius 3 is 2.63 bits per heavy atom. The Bertz CT molecular complexity index is 1340. The summed E-state index contributed by atoms with van der Waals surface area (Å²) in [5.41, 5.74) is 1.69. The molecule has 0 fully saturated rings. The van der Waals surface area contributed by atoms with Crippen molar-refractivity contribution in [3.8, 4) is 0 Å². The summed E-state index contributed by atoms with van der Waals surface area (Å²) >= 11 is 0. The summed E-state index contributed by atoms with van der Waals surface area (Å²) in [6.07, 6.45) is 1.57. The summed E-state index contributed by atoms with van der Waals surface area (Å²) < 4.78 is 18.1. The quantitative estimate of drug-likeness (QED) is 0.491. The molecule has 11 heteroatoms. The van der Waals surface area contributed by atoms with E-state index in [4.69, 9.17) is 13.9 Å². The van der Waals surface area contributed by atoms with Gasteiger partial charge in [0.2, 0.25) is 0 Å². The average molecular weight is 482 g/mol. The van der Waals surface area contributed by atoms with E-state index in [1.807, 2.05) is 13.8 Å². The Labute approximate surface area is 201 Å². The highest BCUT2D eigenvalue weighted by molar-refractivity contribution is 6.03. The molecular formula is C24H27N5O6. The molecule has 0 saturated heterocycles. The molecule has 0 saturated carbocycles. The van der Waals surface area contributed by atoms with Gasteiger partial charge in [0.1, 0.15) is 24.2 Å². The molecular weight excluding hydrogens is 454 g/mol. The molecule has 2 amide bonds. The van der Waals surface area contributed by atoms with E-state index in [1.165, 1.54) is 0 Å². The lowest BCUT2D eigenvalue weighted by Gasteiger charge is -2.27. The third kappa shape index (κ3) is 4.75. The molecule has 0 aliphatic carbocycles. The Kier molecular flexibility index (Phi) is 6.59. The van der Waals surface area contributed by atoms with Crippen molar-refractivity contribution in [1.29, 1.82) is 0 Å². The van der Waals surface area contributed by atoms with E-state index < -0.39 is 24.0 Å². The van der Waals surface area contributed by atoms with Crippen LogP contribution in [0.1, 0.15) is 60.4 Å². The number of fused-ring (bicyclic) bond motifs is 1. The van der Waals surface area contributed by atoms with Crippen molar-refractivity contribution in [2.45, 2.75) is 46.7 Å². The first-order valence-corrected chi connectivity index (χ1v) is 11.3. The predicted molar refractivity (Wildman–Crippen MR) is 124 cm³/mol. The third-order valence-electron chi connectivity index (χ3n) is 5.45. The predicted octanol–water partition coefficient (Wildman–Crippen LogP) is 3.25. The first kappa shape index (κ1) is 24.0. The summed E-state index contributed by atoms with van der Waals surface area (Å²) in [6, 6.07) is 3.59. The minimum Gasteiger partial charge on any atom is -0.464 e. The largest absolute Gasteiger partial charge is 0.464 e. The number of nitrogens with one attached hydrogen (secondary N) is 2. The van der Waals surface area contributed by atoms with Gasteiger partial charge >= 0.3 is 18.0 Å². The second-order valence-corrected chi connectivity index (χ2v) is 8.40. The van der Waals surface area contributed by atoms with E-state index in [1.54, 1.807) is 49.8 Å². The number of carbonyl (C=O) groups excluding carboxylic acids is 3. The smallest absolute Gasteiger partial charge is 0.339 e. The molecule has 1 unspecified atom stereocenters. The monoisotopic (exact) mass is 481 g/mol. The van der Waals surface area contributed by atoms with Crippen molar-refractivity contribution >= 4 is 29.0 Å². The topological polar surface area (TPSA) is 138 Å². The molecule has 1 atom stereocenters. The van der Waals surface area contributed by atoms with Crippen molar-refractivity contribution in [2.75, 3.05) is 13.2 Å². The van der Waals surface area contributed by atoms with E-state index in [0.717, 1.165) is 0 Å². The highest BCUT2D eigenvalue weighted by atomic mass is 16.5. The molecule has 2 N–H and O–H groups in total. The summed E-state index contributed by atoms with van der Waals surface area (Å²) in [5.74, 6) is -0.331. The Morgan fingerprint density at radius 2 is 1.97 bits per heavy atom. The van der Waals surface area contributed by atoms with Crippen LogP contribution in [-0.4, -0.2) is 45.9 Å². The minimum absolute atomic E-state index is 0.0510. The zero-order valence-corrected chi connectivity index (χ0v) is 20.2. The Morgan fingerprint density at radius 1 is 1.20 bits per heavy atom. The van der Waals surface area contributed by atoms with E-state index in [0.29, 0.717) is 28.2 Å². The van der Waals surface area contributed by atoms with E-state index in [9.17, 15) is 14.4 Å². The van der Waals surface area contributed by atoms with Crippen molar-refractivity contribution in [1.82, 2.24) is 25.4 Å². The molecule has 4 heterocycles. The number of amides is 2. The van der Waals surface area contributed by atoms with Crippen LogP contribution >= 0.6 is 0 Å². The van der Waals surface area contributed by atoms with Gasteiger partial charge in [0.25, 0.3) is 0 Å². The standard InChI is InChI=1S/C24H27N5O6/c1-6-33-23(31)19-17(27-24(32)28-20(19)18-8-7-14(5)35-18)11-34-22(30)15-9-13(4)26-21-16(15)10-25-29(21)12(2)3/h7-10,12,20H,6,11H2,1-5H3,(H2,27,28,32). The maximum atomic E-state index is 13.1. The second kappa shape index (κ2) is 9.61. The van der Waals surface area contributed by atoms with Crippen LogP contribution in [0.5, 0.6) is 0 Å². The van der Waals surface area contributed by atoms with E-state index >= 15 is 0 Å². The van der Waals surface area contributed by atoms with Gasteiger partial charge in [-0.3, -0.25) is 0 Å². The number of carbonyl (C=O) groups is 3. The first-order chi connectivity index (χ1) is 16.7. The van der Waals surface area contributed by atoms with Crippen LogP contribution in [-0.2, 0) is 14.3 Å². The van der Waals surface area contributed by atoms with Gasteiger partial charge in [-0.05, 0) is 52.8 Å². The van der Waals surface area contributed by atoms with Gasteiger partial charge in [-0.2, -0.15) is 5.10 Å². The van der Waals surface area contributed by atoms with Crippen molar-refractivity contribution in [3.05, 3.63) is 58.4 Å². The number of pyridine rings is 1. The Hall–Kier alpha value is -4.15. The van der Waals surface area contributed by atoms with Crippen LogP contribution in [0.4, 0.5) is 4.79 Å². The SMILES string of the molecule is CCOC(=O)C1=C(COC(=O)c2cc(C)nc3c2cnn3C(C)C)NC(=O)NC1c1ccc(C)o1.